The van der Waals surface area contributed by atoms with E-state index in [0.29, 0.717) is 5.25 Å². The van der Waals surface area contributed by atoms with Crippen molar-refractivity contribution >= 4 is 11.8 Å². The van der Waals surface area contributed by atoms with Crippen LogP contribution in [0.2, 0.25) is 0 Å². The fourth-order valence-electron chi connectivity index (χ4n) is 0.571. The molecule has 3 N–H and O–H groups in total. The third-order valence-corrected chi connectivity index (χ3v) is 3.20. The summed E-state index contributed by atoms with van der Waals surface area (Å²) in [5.74, 6) is 0.922. The smallest absolute Gasteiger partial charge is 0.0547 e. The zero-order valence-corrected chi connectivity index (χ0v) is 9.32. The second-order valence-corrected chi connectivity index (χ2v) is 5.77. The standard InChI is InChI=1S/C9H21NOS/c1-7(5-11)12-6-8(10)9(2,3)4/h7-8,11H,5-6,10H2,1-4H3. The molecule has 0 radical (unpaired) electrons. The van der Waals surface area contributed by atoms with E-state index < -0.39 is 0 Å². The maximum atomic E-state index is 8.79. The summed E-state index contributed by atoms with van der Waals surface area (Å²) < 4.78 is 0. The van der Waals surface area contributed by atoms with E-state index in [4.69, 9.17) is 10.8 Å². The van der Waals surface area contributed by atoms with Gasteiger partial charge in [0, 0.05) is 17.0 Å². The first-order chi connectivity index (χ1) is 5.38. The molecule has 0 heterocycles. The van der Waals surface area contributed by atoms with Crippen LogP contribution in [-0.4, -0.2) is 28.8 Å². The Balaban J connectivity index is 3.64. The summed E-state index contributed by atoms with van der Waals surface area (Å²) in [7, 11) is 0. The maximum absolute atomic E-state index is 8.79. The fourth-order valence-corrected chi connectivity index (χ4v) is 1.71. The molecule has 0 saturated heterocycles. The van der Waals surface area contributed by atoms with Crippen molar-refractivity contribution in [2.45, 2.75) is 39.0 Å². The molecule has 0 aliphatic carbocycles. The summed E-state index contributed by atoms with van der Waals surface area (Å²) in [5.41, 5.74) is 6.12. The molecule has 0 rings (SSSR count). The van der Waals surface area contributed by atoms with Crippen molar-refractivity contribution in [1.82, 2.24) is 0 Å². The van der Waals surface area contributed by atoms with Crippen LogP contribution in [0.15, 0.2) is 0 Å². The topological polar surface area (TPSA) is 46.2 Å². The van der Waals surface area contributed by atoms with Gasteiger partial charge in [0.15, 0.2) is 0 Å². The molecule has 0 bridgehead atoms. The Morgan fingerprint density at radius 1 is 1.42 bits per heavy atom. The Bertz CT molecular complexity index is 122. The molecule has 0 aliphatic heterocycles. The number of thioether (sulfide) groups is 1. The number of aliphatic hydroxyl groups is 1. The summed E-state index contributed by atoms with van der Waals surface area (Å²) in [6, 6.07) is 0.205. The van der Waals surface area contributed by atoms with Gasteiger partial charge in [-0.25, -0.2) is 0 Å². The van der Waals surface area contributed by atoms with E-state index in [1.807, 2.05) is 6.92 Å². The largest absolute Gasteiger partial charge is 0.395 e. The highest BCUT2D eigenvalue weighted by molar-refractivity contribution is 7.99. The van der Waals surface area contributed by atoms with Crippen molar-refractivity contribution in [2.24, 2.45) is 11.1 Å². The molecule has 0 aromatic carbocycles. The Labute approximate surface area is 79.9 Å². The molecular weight excluding hydrogens is 170 g/mol. The first kappa shape index (κ1) is 12.3. The Kier molecular flexibility index (Phi) is 5.21. The van der Waals surface area contributed by atoms with Crippen LogP contribution in [-0.2, 0) is 0 Å². The molecule has 2 unspecified atom stereocenters. The van der Waals surface area contributed by atoms with Gasteiger partial charge in [-0.3, -0.25) is 0 Å². The van der Waals surface area contributed by atoms with Gasteiger partial charge < -0.3 is 10.8 Å². The van der Waals surface area contributed by atoms with E-state index >= 15 is 0 Å². The van der Waals surface area contributed by atoms with Gasteiger partial charge in [-0.05, 0) is 5.41 Å². The lowest BCUT2D eigenvalue weighted by Gasteiger charge is -2.27. The van der Waals surface area contributed by atoms with E-state index in [2.05, 4.69) is 20.8 Å². The van der Waals surface area contributed by atoms with Crippen LogP contribution < -0.4 is 5.73 Å². The lowest BCUT2D eigenvalue weighted by Crippen LogP contribution is -2.37. The highest BCUT2D eigenvalue weighted by Gasteiger charge is 2.20. The lowest BCUT2D eigenvalue weighted by molar-refractivity contribution is 0.299. The molecule has 2 atom stereocenters. The highest BCUT2D eigenvalue weighted by atomic mass is 32.2. The van der Waals surface area contributed by atoms with Crippen LogP contribution in [0.3, 0.4) is 0 Å². The van der Waals surface area contributed by atoms with Crippen molar-refractivity contribution in [2.75, 3.05) is 12.4 Å². The van der Waals surface area contributed by atoms with Gasteiger partial charge in [0.05, 0.1) is 6.61 Å². The van der Waals surface area contributed by atoms with Gasteiger partial charge in [-0.15, -0.1) is 0 Å². The zero-order chi connectivity index (χ0) is 9.78. The minimum atomic E-state index is 0.169. The van der Waals surface area contributed by atoms with Crippen molar-refractivity contribution in [3.8, 4) is 0 Å². The molecule has 0 aromatic heterocycles. The first-order valence-electron chi connectivity index (χ1n) is 4.36. The predicted molar refractivity (Wildman–Crippen MR) is 56.4 cm³/mol. The second kappa shape index (κ2) is 5.10. The van der Waals surface area contributed by atoms with Crippen LogP contribution in [0, 0.1) is 5.41 Å². The SMILES string of the molecule is CC(CO)SCC(N)C(C)(C)C. The van der Waals surface area contributed by atoms with Gasteiger partial charge in [0.25, 0.3) is 0 Å². The molecular formula is C9H21NOS. The van der Waals surface area contributed by atoms with Crippen molar-refractivity contribution in [1.29, 1.82) is 0 Å². The third-order valence-electron chi connectivity index (χ3n) is 1.93. The summed E-state index contributed by atoms with van der Waals surface area (Å²) in [6.45, 7) is 8.67. The van der Waals surface area contributed by atoms with Crippen LogP contribution in [0.1, 0.15) is 27.7 Å². The second-order valence-electron chi connectivity index (χ2n) is 4.30. The van der Waals surface area contributed by atoms with Gasteiger partial charge in [-0.2, -0.15) is 11.8 Å². The van der Waals surface area contributed by atoms with E-state index in [9.17, 15) is 0 Å². The van der Waals surface area contributed by atoms with Crippen LogP contribution >= 0.6 is 11.8 Å². The summed E-state index contributed by atoms with van der Waals surface area (Å²) in [4.78, 5) is 0. The third kappa shape index (κ3) is 5.01. The Hall–Kier alpha value is 0.270. The van der Waals surface area contributed by atoms with Crippen molar-refractivity contribution in [3.05, 3.63) is 0 Å². The number of rotatable bonds is 4. The van der Waals surface area contributed by atoms with E-state index in [1.54, 1.807) is 11.8 Å². The summed E-state index contributed by atoms with van der Waals surface area (Å²) in [5, 5.41) is 9.09. The van der Waals surface area contributed by atoms with Gasteiger partial charge >= 0.3 is 0 Å². The number of hydrogen-bond acceptors (Lipinski definition) is 3. The molecule has 0 aromatic rings. The fraction of sp³-hybridized carbons (Fsp3) is 1.00. The molecule has 0 aliphatic rings. The van der Waals surface area contributed by atoms with Crippen LogP contribution in [0.5, 0.6) is 0 Å². The quantitative estimate of drug-likeness (QED) is 0.707. The van der Waals surface area contributed by atoms with E-state index in [1.165, 1.54) is 0 Å². The van der Waals surface area contributed by atoms with Crippen LogP contribution in [0.25, 0.3) is 0 Å². The predicted octanol–water partition coefficient (Wildman–Crippen LogP) is 1.47. The molecule has 3 heteroatoms. The summed E-state index contributed by atoms with van der Waals surface area (Å²) >= 11 is 1.74. The number of nitrogens with two attached hydrogens (primary N) is 1. The minimum Gasteiger partial charge on any atom is -0.395 e. The summed E-state index contributed by atoms with van der Waals surface area (Å²) in [6.07, 6.45) is 0. The lowest BCUT2D eigenvalue weighted by atomic mass is 9.89. The van der Waals surface area contributed by atoms with E-state index in [-0.39, 0.29) is 18.1 Å². The molecule has 12 heavy (non-hydrogen) atoms. The van der Waals surface area contributed by atoms with Gasteiger partial charge in [0.1, 0.15) is 0 Å². The molecule has 2 nitrogen and oxygen atoms in total. The number of aliphatic hydroxyl groups excluding tert-OH is 1. The average Bonchev–Trinajstić information content (AvgIpc) is 1.97. The highest BCUT2D eigenvalue weighted by Crippen LogP contribution is 2.22. The van der Waals surface area contributed by atoms with Crippen LogP contribution in [0.4, 0.5) is 0 Å². The first-order valence-corrected chi connectivity index (χ1v) is 5.41. The maximum Gasteiger partial charge on any atom is 0.0547 e. The molecule has 0 fully saturated rings. The minimum absolute atomic E-state index is 0.169. The number of hydrogen-bond donors (Lipinski definition) is 2. The molecule has 0 spiro atoms. The van der Waals surface area contributed by atoms with Crippen molar-refractivity contribution < 1.29 is 5.11 Å². The molecule has 74 valence electrons. The van der Waals surface area contributed by atoms with Gasteiger partial charge in [0.2, 0.25) is 0 Å². The van der Waals surface area contributed by atoms with E-state index in [0.717, 1.165) is 5.75 Å². The molecule has 0 amide bonds. The zero-order valence-electron chi connectivity index (χ0n) is 8.50. The van der Waals surface area contributed by atoms with Gasteiger partial charge in [-0.1, -0.05) is 27.7 Å². The average molecular weight is 191 g/mol. The molecule has 0 saturated carbocycles. The van der Waals surface area contributed by atoms with Crippen molar-refractivity contribution in [3.63, 3.8) is 0 Å². The Morgan fingerprint density at radius 3 is 2.25 bits per heavy atom. The normalized spacial score (nSPS) is 17.5. The Morgan fingerprint density at radius 2 is 1.92 bits per heavy atom. The monoisotopic (exact) mass is 191 g/mol.